The lowest BCUT2D eigenvalue weighted by Crippen LogP contribution is -2.08. The number of halogens is 1. The topological polar surface area (TPSA) is 53.1 Å². The summed E-state index contributed by atoms with van der Waals surface area (Å²) < 4.78 is 1.08. The van der Waals surface area contributed by atoms with E-state index in [2.05, 4.69) is 53.6 Å². The maximum Gasteiger partial charge on any atom is 0.229 e. The summed E-state index contributed by atoms with van der Waals surface area (Å²) in [5.74, 6) is 1.29. The molecule has 25 heavy (non-hydrogen) atoms. The minimum Gasteiger partial charge on any atom is -0.378 e. The number of hydrogen-bond acceptors (Lipinski definition) is 5. The molecular formula is C19H20BrN5. The Morgan fingerprint density at radius 3 is 2.32 bits per heavy atom. The highest BCUT2D eigenvalue weighted by Crippen LogP contribution is 2.23. The number of hydrogen-bond donors (Lipinski definition) is 2. The van der Waals surface area contributed by atoms with Gasteiger partial charge in [0.05, 0.1) is 0 Å². The molecule has 0 spiro atoms. The molecule has 0 aliphatic carbocycles. The summed E-state index contributed by atoms with van der Waals surface area (Å²) in [7, 11) is 4.04. The Morgan fingerprint density at radius 1 is 0.920 bits per heavy atom. The van der Waals surface area contributed by atoms with Crippen LogP contribution in [0, 0.1) is 6.92 Å². The molecule has 0 saturated carbocycles. The van der Waals surface area contributed by atoms with Gasteiger partial charge in [-0.05, 0) is 61.0 Å². The van der Waals surface area contributed by atoms with Gasteiger partial charge in [0.2, 0.25) is 5.95 Å². The summed E-state index contributed by atoms with van der Waals surface area (Å²) in [4.78, 5) is 10.9. The second-order valence-corrected chi connectivity index (χ2v) is 6.78. The third-order valence-electron chi connectivity index (χ3n) is 3.73. The third kappa shape index (κ3) is 4.48. The van der Waals surface area contributed by atoms with Crippen LogP contribution in [0.15, 0.2) is 59.2 Å². The van der Waals surface area contributed by atoms with Crippen LogP contribution in [0.4, 0.5) is 28.8 Å². The highest BCUT2D eigenvalue weighted by Gasteiger charge is 2.03. The van der Waals surface area contributed by atoms with E-state index in [4.69, 9.17) is 0 Å². The zero-order chi connectivity index (χ0) is 17.8. The smallest absolute Gasteiger partial charge is 0.229 e. The fourth-order valence-electron chi connectivity index (χ4n) is 2.33. The molecule has 6 heteroatoms. The van der Waals surface area contributed by atoms with Gasteiger partial charge in [-0.15, -0.1) is 0 Å². The lowest BCUT2D eigenvalue weighted by atomic mass is 10.2. The highest BCUT2D eigenvalue weighted by molar-refractivity contribution is 9.10. The van der Waals surface area contributed by atoms with Crippen LogP contribution in [0.3, 0.4) is 0 Å². The van der Waals surface area contributed by atoms with E-state index in [1.54, 1.807) is 6.20 Å². The first kappa shape index (κ1) is 17.2. The molecular weight excluding hydrogens is 378 g/mol. The maximum atomic E-state index is 4.52. The summed E-state index contributed by atoms with van der Waals surface area (Å²) in [6, 6.07) is 16.1. The van der Waals surface area contributed by atoms with Crippen molar-refractivity contribution < 1.29 is 0 Å². The van der Waals surface area contributed by atoms with Crippen LogP contribution in [0.5, 0.6) is 0 Å². The van der Waals surface area contributed by atoms with E-state index in [9.17, 15) is 0 Å². The van der Waals surface area contributed by atoms with E-state index in [0.717, 1.165) is 32.9 Å². The van der Waals surface area contributed by atoms with E-state index in [1.165, 1.54) is 0 Å². The molecule has 0 amide bonds. The lowest BCUT2D eigenvalue weighted by Gasteiger charge is -2.13. The van der Waals surface area contributed by atoms with Gasteiger partial charge in [-0.25, -0.2) is 4.98 Å². The van der Waals surface area contributed by atoms with Crippen molar-refractivity contribution in [1.29, 1.82) is 0 Å². The molecule has 0 atom stereocenters. The zero-order valence-electron chi connectivity index (χ0n) is 14.4. The normalized spacial score (nSPS) is 10.4. The molecule has 0 aliphatic rings. The number of nitrogens with zero attached hydrogens (tertiary/aromatic N) is 3. The molecule has 3 aromatic rings. The SMILES string of the molecule is Cc1cc(Nc2nccc(Nc3ccc(N(C)C)cc3)n2)ccc1Br. The standard InChI is InChI=1S/C19H20BrN5/c1-13-12-15(6-9-17(13)20)23-19-21-11-10-18(24-19)22-14-4-7-16(8-5-14)25(2)3/h4-12H,1-3H3,(H2,21,22,23,24). The average Bonchev–Trinajstić information content (AvgIpc) is 2.59. The molecule has 0 saturated heterocycles. The second kappa shape index (κ2) is 7.53. The lowest BCUT2D eigenvalue weighted by molar-refractivity contribution is 1.13. The van der Waals surface area contributed by atoms with Crippen molar-refractivity contribution in [2.45, 2.75) is 6.92 Å². The first-order chi connectivity index (χ1) is 12.0. The van der Waals surface area contributed by atoms with Gasteiger partial charge < -0.3 is 15.5 Å². The quantitative estimate of drug-likeness (QED) is 0.626. The van der Waals surface area contributed by atoms with Gasteiger partial charge in [0, 0.05) is 41.8 Å². The van der Waals surface area contributed by atoms with E-state index in [0.29, 0.717) is 5.95 Å². The van der Waals surface area contributed by atoms with Crippen LogP contribution in [0.2, 0.25) is 0 Å². The minimum atomic E-state index is 0.552. The van der Waals surface area contributed by atoms with Crippen LogP contribution >= 0.6 is 15.9 Å². The third-order valence-corrected chi connectivity index (χ3v) is 4.62. The fraction of sp³-hybridized carbons (Fsp3) is 0.158. The Bertz CT molecular complexity index is 862. The zero-order valence-corrected chi connectivity index (χ0v) is 16.0. The molecule has 128 valence electrons. The molecule has 0 radical (unpaired) electrons. The Hall–Kier alpha value is -2.60. The molecule has 0 aliphatic heterocycles. The van der Waals surface area contributed by atoms with Crippen molar-refractivity contribution in [3.63, 3.8) is 0 Å². The predicted octanol–water partition coefficient (Wildman–Crippen LogP) is 5.10. The van der Waals surface area contributed by atoms with E-state index < -0.39 is 0 Å². The molecule has 1 aromatic heterocycles. The van der Waals surface area contributed by atoms with E-state index in [1.807, 2.05) is 57.4 Å². The minimum absolute atomic E-state index is 0.552. The van der Waals surface area contributed by atoms with Crippen LogP contribution in [0.1, 0.15) is 5.56 Å². The summed E-state index contributed by atoms with van der Waals surface area (Å²) >= 11 is 3.51. The number of aryl methyl sites for hydroxylation is 1. The van der Waals surface area contributed by atoms with Crippen molar-refractivity contribution in [2.75, 3.05) is 29.6 Å². The Balaban J connectivity index is 1.73. The van der Waals surface area contributed by atoms with Gasteiger partial charge >= 0.3 is 0 Å². The van der Waals surface area contributed by atoms with Gasteiger partial charge in [0.1, 0.15) is 5.82 Å². The molecule has 5 nitrogen and oxygen atoms in total. The maximum absolute atomic E-state index is 4.52. The Morgan fingerprint density at radius 2 is 1.64 bits per heavy atom. The molecule has 2 aromatic carbocycles. The first-order valence-electron chi connectivity index (χ1n) is 7.92. The van der Waals surface area contributed by atoms with Crippen molar-refractivity contribution in [3.8, 4) is 0 Å². The molecule has 1 heterocycles. The van der Waals surface area contributed by atoms with E-state index in [-0.39, 0.29) is 0 Å². The van der Waals surface area contributed by atoms with Gasteiger partial charge in [-0.1, -0.05) is 15.9 Å². The van der Waals surface area contributed by atoms with Crippen LogP contribution in [-0.4, -0.2) is 24.1 Å². The summed E-state index contributed by atoms with van der Waals surface area (Å²) in [5, 5.41) is 6.53. The van der Waals surface area contributed by atoms with Gasteiger partial charge in [0.25, 0.3) is 0 Å². The molecule has 0 unspecified atom stereocenters. The van der Waals surface area contributed by atoms with E-state index >= 15 is 0 Å². The largest absolute Gasteiger partial charge is 0.378 e. The van der Waals surface area contributed by atoms with Crippen molar-refractivity contribution in [2.24, 2.45) is 0 Å². The second-order valence-electron chi connectivity index (χ2n) is 5.92. The van der Waals surface area contributed by atoms with Gasteiger partial charge in [-0.2, -0.15) is 4.98 Å². The summed E-state index contributed by atoms with van der Waals surface area (Å²) in [6.45, 7) is 2.05. The van der Waals surface area contributed by atoms with Gasteiger partial charge in [0.15, 0.2) is 0 Å². The van der Waals surface area contributed by atoms with Crippen molar-refractivity contribution in [1.82, 2.24) is 9.97 Å². The van der Waals surface area contributed by atoms with Crippen LogP contribution in [-0.2, 0) is 0 Å². The molecule has 0 bridgehead atoms. The number of benzene rings is 2. The number of aromatic nitrogens is 2. The van der Waals surface area contributed by atoms with Crippen LogP contribution in [0.25, 0.3) is 0 Å². The first-order valence-corrected chi connectivity index (χ1v) is 8.71. The Kier molecular flexibility index (Phi) is 5.19. The number of rotatable bonds is 5. The van der Waals surface area contributed by atoms with Gasteiger partial charge in [-0.3, -0.25) is 0 Å². The number of nitrogens with one attached hydrogen (secondary N) is 2. The molecule has 3 rings (SSSR count). The summed E-state index contributed by atoms with van der Waals surface area (Å²) in [6.07, 6.45) is 1.73. The summed E-state index contributed by atoms with van der Waals surface area (Å²) in [5.41, 5.74) is 4.24. The average molecular weight is 398 g/mol. The molecule has 0 fully saturated rings. The van der Waals surface area contributed by atoms with Crippen molar-refractivity contribution in [3.05, 3.63) is 64.8 Å². The van der Waals surface area contributed by atoms with Crippen molar-refractivity contribution >= 4 is 44.8 Å². The molecule has 2 N–H and O–H groups in total. The predicted molar refractivity (Wildman–Crippen MR) is 108 cm³/mol. The number of anilines is 5. The fourth-order valence-corrected chi connectivity index (χ4v) is 2.58. The monoisotopic (exact) mass is 397 g/mol. The Labute approximate surface area is 156 Å². The van der Waals surface area contributed by atoms with Crippen LogP contribution < -0.4 is 15.5 Å². The highest BCUT2D eigenvalue weighted by atomic mass is 79.9.